The van der Waals surface area contributed by atoms with Gasteiger partial charge in [-0.3, -0.25) is 0 Å². The van der Waals surface area contributed by atoms with E-state index in [1.54, 1.807) is 6.07 Å². The molecule has 0 spiro atoms. The number of nitrogens with zero attached hydrogens (tertiary/aromatic N) is 1. The molecule has 2 aromatic carbocycles. The Bertz CT molecular complexity index is 576. The average Bonchev–Trinajstić information content (AvgIpc) is 2.53. The maximum absolute atomic E-state index is 13.4. The van der Waals surface area contributed by atoms with Crippen LogP contribution in [0.2, 0.25) is 0 Å². The number of hydrogen-bond acceptors (Lipinski definition) is 3. The zero-order valence-electron chi connectivity index (χ0n) is 12.2. The molecular weight excluding hydrogens is 267 g/mol. The molecule has 0 fully saturated rings. The number of likely N-dealkylation sites (N-methyl/N-ethyl adjacent to an activating group) is 1. The second-order valence-corrected chi connectivity index (χ2v) is 5.10. The van der Waals surface area contributed by atoms with Crippen molar-refractivity contribution in [2.45, 2.75) is 12.5 Å². The van der Waals surface area contributed by atoms with Crippen molar-refractivity contribution < 1.29 is 9.50 Å². The highest BCUT2D eigenvalue weighted by Crippen LogP contribution is 2.24. The Balaban J connectivity index is 2.27. The van der Waals surface area contributed by atoms with Gasteiger partial charge in [-0.2, -0.15) is 0 Å². The zero-order chi connectivity index (χ0) is 15.3. The van der Waals surface area contributed by atoms with Gasteiger partial charge in [0.1, 0.15) is 11.4 Å². The summed E-state index contributed by atoms with van der Waals surface area (Å²) in [5.74, 6) is -0.290. The molecule has 0 saturated heterocycles. The van der Waals surface area contributed by atoms with Crippen LogP contribution in [0.5, 0.6) is 0 Å². The van der Waals surface area contributed by atoms with Crippen molar-refractivity contribution in [2.75, 3.05) is 24.5 Å². The molecule has 0 aliphatic carbocycles. The average molecular weight is 288 g/mol. The molecule has 0 aromatic heterocycles. The van der Waals surface area contributed by atoms with Crippen molar-refractivity contribution in [1.29, 1.82) is 0 Å². The monoisotopic (exact) mass is 288 g/mol. The Kier molecular flexibility index (Phi) is 4.94. The van der Waals surface area contributed by atoms with E-state index in [4.69, 9.17) is 5.73 Å². The van der Waals surface area contributed by atoms with E-state index in [2.05, 4.69) is 0 Å². The van der Waals surface area contributed by atoms with E-state index in [9.17, 15) is 9.50 Å². The maximum Gasteiger partial charge on any atom is 0.125 e. The number of benzene rings is 2. The zero-order valence-corrected chi connectivity index (χ0v) is 12.2. The number of hydrogen-bond donors (Lipinski definition) is 2. The third-order valence-electron chi connectivity index (χ3n) is 3.66. The van der Waals surface area contributed by atoms with Crippen molar-refractivity contribution in [3.63, 3.8) is 0 Å². The molecule has 3 N–H and O–H groups in total. The molecule has 0 aliphatic heterocycles. The molecule has 0 radical (unpaired) electrons. The molecule has 112 valence electrons. The first-order valence-corrected chi connectivity index (χ1v) is 7.07. The van der Waals surface area contributed by atoms with Crippen LogP contribution in [0, 0.1) is 5.82 Å². The van der Waals surface area contributed by atoms with Crippen molar-refractivity contribution in [2.24, 2.45) is 5.73 Å². The fourth-order valence-electron chi connectivity index (χ4n) is 2.40. The van der Waals surface area contributed by atoms with E-state index in [0.717, 1.165) is 11.3 Å². The highest BCUT2D eigenvalue weighted by Gasteiger charge is 2.30. The lowest BCUT2D eigenvalue weighted by Gasteiger charge is -2.34. The number of halogens is 1. The summed E-state index contributed by atoms with van der Waals surface area (Å²) in [6, 6.07) is 15.7. The maximum atomic E-state index is 13.4. The topological polar surface area (TPSA) is 49.5 Å². The largest absolute Gasteiger partial charge is 0.382 e. The summed E-state index contributed by atoms with van der Waals surface area (Å²) in [7, 11) is 0. The third-order valence-corrected chi connectivity index (χ3v) is 3.66. The van der Waals surface area contributed by atoms with Crippen LogP contribution in [0.15, 0.2) is 54.6 Å². The molecular formula is C17H21FN2O. The van der Waals surface area contributed by atoms with Crippen molar-refractivity contribution in [3.8, 4) is 0 Å². The van der Waals surface area contributed by atoms with Gasteiger partial charge in [0.15, 0.2) is 0 Å². The Labute approximate surface area is 124 Å². The summed E-state index contributed by atoms with van der Waals surface area (Å²) >= 11 is 0. The van der Waals surface area contributed by atoms with Gasteiger partial charge in [0.05, 0.1) is 6.54 Å². The minimum absolute atomic E-state index is 0.100. The first kappa shape index (κ1) is 15.5. The minimum atomic E-state index is -1.16. The van der Waals surface area contributed by atoms with Crippen LogP contribution in [-0.2, 0) is 5.60 Å². The molecule has 21 heavy (non-hydrogen) atoms. The second-order valence-electron chi connectivity index (χ2n) is 5.10. The number of anilines is 1. The van der Waals surface area contributed by atoms with Gasteiger partial charge in [-0.1, -0.05) is 36.4 Å². The fourth-order valence-corrected chi connectivity index (χ4v) is 2.40. The van der Waals surface area contributed by atoms with Crippen molar-refractivity contribution >= 4 is 5.69 Å². The Morgan fingerprint density at radius 3 is 2.43 bits per heavy atom. The van der Waals surface area contributed by atoms with E-state index in [0.29, 0.717) is 13.1 Å². The molecule has 1 atom stereocenters. The second kappa shape index (κ2) is 6.70. The molecule has 2 rings (SSSR count). The molecule has 0 aliphatic rings. The Morgan fingerprint density at radius 2 is 1.86 bits per heavy atom. The predicted molar refractivity (Wildman–Crippen MR) is 83.7 cm³/mol. The van der Waals surface area contributed by atoms with Gasteiger partial charge in [-0.25, -0.2) is 4.39 Å². The molecule has 1 unspecified atom stereocenters. The van der Waals surface area contributed by atoms with Crippen LogP contribution >= 0.6 is 0 Å². The lowest BCUT2D eigenvalue weighted by atomic mass is 9.93. The lowest BCUT2D eigenvalue weighted by Crippen LogP contribution is -2.46. The van der Waals surface area contributed by atoms with E-state index in [1.807, 2.05) is 48.2 Å². The number of rotatable bonds is 6. The highest BCUT2D eigenvalue weighted by molar-refractivity contribution is 5.47. The van der Waals surface area contributed by atoms with E-state index in [1.165, 1.54) is 12.1 Å². The Morgan fingerprint density at radius 1 is 1.14 bits per heavy atom. The summed E-state index contributed by atoms with van der Waals surface area (Å²) in [5.41, 5.74) is 6.14. The van der Waals surface area contributed by atoms with Crippen molar-refractivity contribution in [1.82, 2.24) is 0 Å². The van der Waals surface area contributed by atoms with E-state index < -0.39 is 5.60 Å². The molecule has 0 amide bonds. The quantitative estimate of drug-likeness (QED) is 0.858. The lowest BCUT2D eigenvalue weighted by molar-refractivity contribution is 0.0533. The first-order valence-electron chi connectivity index (χ1n) is 7.07. The summed E-state index contributed by atoms with van der Waals surface area (Å²) < 4.78 is 13.4. The van der Waals surface area contributed by atoms with E-state index >= 15 is 0 Å². The van der Waals surface area contributed by atoms with Crippen LogP contribution in [0.4, 0.5) is 10.1 Å². The van der Waals surface area contributed by atoms with Gasteiger partial charge in [0.2, 0.25) is 0 Å². The van der Waals surface area contributed by atoms with Gasteiger partial charge < -0.3 is 15.7 Å². The summed E-state index contributed by atoms with van der Waals surface area (Å²) in [4.78, 5) is 1.92. The smallest absolute Gasteiger partial charge is 0.125 e. The minimum Gasteiger partial charge on any atom is -0.382 e. The predicted octanol–water partition coefficient (Wildman–Crippen LogP) is 2.50. The van der Waals surface area contributed by atoms with Gasteiger partial charge in [-0.15, -0.1) is 0 Å². The standard InChI is InChI=1S/C17H21FN2O/c1-2-20(16-10-6-9-15(18)11-16)13-17(21,12-19)14-7-4-3-5-8-14/h3-11,21H,2,12-13,19H2,1H3. The van der Waals surface area contributed by atoms with Crippen molar-refractivity contribution in [3.05, 3.63) is 66.0 Å². The van der Waals surface area contributed by atoms with Crippen LogP contribution in [-0.4, -0.2) is 24.7 Å². The summed E-state index contributed by atoms with van der Waals surface area (Å²) in [6.45, 7) is 3.03. The van der Waals surface area contributed by atoms with Gasteiger partial charge in [0.25, 0.3) is 0 Å². The van der Waals surface area contributed by atoms with E-state index in [-0.39, 0.29) is 12.4 Å². The fraction of sp³-hybridized carbons (Fsp3) is 0.294. The molecule has 4 heteroatoms. The summed E-state index contributed by atoms with van der Waals surface area (Å²) in [5, 5.41) is 10.9. The number of aliphatic hydroxyl groups is 1. The molecule has 0 heterocycles. The van der Waals surface area contributed by atoms with Crippen LogP contribution in [0.1, 0.15) is 12.5 Å². The third kappa shape index (κ3) is 3.60. The molecule has 0 bridgehead atoms. The summed E-state index contributed by atoms with van der Waals surface area (Å²) in [6.07, 6.45) is 0. The van der Waals surface area contributed by atoms with Gasteiger partial charge in [0, 0.05) is 18.8 Å². The first-order chi connectivity index (χ1) is 10.1. The number of nitrogens with two attached hydrogens (primary N) is 1. The van der Waals surface area contributed by atoms with Crippen LogP contribution in [0.3, 0.4) is 0 Å². The molecule has 2 aromatic rings. The Hall–Kier alpha value is -1.91. The highest BCUT2D eigenvalue weighted by atomic mass is 19.1. The van der Waals surface area contributed by atoms with Crippen LogP contribution < -0.4 is 10.6 Å². The van der Waals surface area contributed by atoms with Crippen LogP contribution in [0.25, 0.3) is 0 Å². The SMILES string of the molecule is CCN(CC(O)(CN)c1ccccc1)c1cccc(F)c1. The van der Waals surface area contributed by atoms with Gasteiger partial charge >= 0.3 is 0 Å². The molecule has 0 saturated carbocycles. The van der Waals surface area contributed by atoms with Gasteiger partial charge in [-0.05, 0) is 30.7 Å². The molecule has 3 nitrogen and oxygen atoms in total. The normalized spacial score (nSPS) is 13.7.